The van der Waals surface area contributed by atoms with Gasteiger partial charge in [-0.3, -0.25) is 9.89 Å². The Morgan fingerprint density at radius 1 is 1.35 bits per heavy atom. The first-order valence-electron chi connectivity index (χ1n) is 7.49. The van der Waals surface area contributed by atoms with Gasteiger partial charge in [-0.05, 0) is 43.8 Å². The second-order valence-electron chi connectivity index (χ2n) is 6.17. The van der Waals surface area contributed by atoms with Gasteiger partial charge in [0.15, 0.2) is 5.78 Å². The van der Waals surface area contributed by atoms with Crippen LogP contribution in [-0.4, -0.2) is 40.5 Å². The standard InChI is InChI=1S/C16H19N3O/c20-15(8-13-10-19-6-4-11(13)5-7-19)14-3-1-2-12-9-17-18-16(12)14/h1-3,9,11,13H,4-8,10H2,(H,17,18)/t13-/m0/s1. The van der Waals surface area contributed by atoms with Crippen molar-refractivity contribution in [2.45, 2.75) is 19.3 Å². The van der Waals surface area contributed by atoms with Gasteiger partial charge in [0.1, 0.15) is 0 Å². The van der Waals surface area contributed by atoms with Gasteiger partial charge < -0.3 is 4.90 Å². The zero-order valence-electron chi connectivity index (χ0n) is 11.5. The van der Waals surface area contributed by atoms with Gasteiger partial charge in [0.25, 0.3) is 0 Å². The Bertz CT molecular complexity index is 640. The molecule has 4 nitrogen and oxygen atoms in total. The first-order valence-corrected chi connectivity index (χ1v) is 7.49. The number of hydrogen-bond acceptors (Lipinski definition) is 3. The van der Waals surface area contributed by atoms with E-state index in [1.165, 1.54) is 25.9 Å². The predicted molar refractivity (Wildman–Crippen MR) is 77.7 cm³/mol. The molecule has 0 amide bonds. The van der Waals surface area contributed by atoms with E-state index in [0.29, 0.717) is 12.3 Å². The molecule has 0 unspecified atom stereocenters. The normalized spacial score (nSPS) is 28.9. The van der Waals surface area contributed by atoms with Crippen molar-refractivity contribution in [3.8, 4) is 0 Å². The van der Waals surface area contributed by atoms with Crippen molar-refractivity contribution in [1.29, 1.82) is 0 Å². The number of H-pyrrole nitrogens is 1. The SMILES string of the molecule is O=C(C[C@H]1CN2CCC1CC2)c1cccc2cn[nH]c12. The third-order valence-electron chi connectivity index (χ3n) is 5.02. The number of ketones is 1. The van der Waals surface area contributed by atoms with E-state index < -0.39 is 0 Å². The molecule has 0 spiro atoms. The molecule has 104 valence electrons. The zero-order valence-corrected chi connectivity index (χ0v) is 11.5. The summed E-state index contributed by atoms with van der Waals surface area (Å²) in [6.07, 6.45) is 5.00. The number of benzene rings is 1. The van der Waals surface area contributed by atoms with Crippen molar-refractivity contribution >= 4 is 16.7 Å². The summed E-state index contributed by atoms with van der Waals surface area (Å²) in [5, 5.41) is 8.02. The Labute approximate surface area is 118 Å². The first-order chi connectivity index (χ1) is 9.81. The molecule has 0 saturated carbocycles. The van der Waals surface area contributed by atoms with Crippen molar-refractivity contribution < 1.29 is 4.79 Å². The summed E-state index contributed by atoms with van der Waals surface area (Å²) in [6.45, 7) is 3.56. The van der Waals surface area contributed by atoms with Gasteiger partial charge in [-0.15, -0.1) is 0 Å². The molecule has 4 heteroatoms. The van der Waals surface area contributed by atoms with Crippen LogP contribution in [0.1, 0.15) is 29.6 Å². The van der Waals surface area contributed by atoms with Crippen LogP contribution in [0.5, 0.6) is 0 Å². The Morgan fingerprint density at radius 3 is 2.95 bits per heavy atom. The molecule has 3 aliphatic heterocycles. The van der Waals surface area contributed by atoms with Crippen LogP contribution in [0.3, 0.4) is 0 Å². The fourth-order valence-corrected chi connectivity index (χ4v) is 3.87. The molecule has 2 bridgehead atoms. The molecule has 1 N–H and O–H groups in total. The number of nitrogens with one attached hydrogen (secondary N) is 1. The third-order valence-corrected chi connectivity index (χ3v) is 5.02. The monoisotopic (exact) mass is 269 g/mol. The molecule has 3 saturated heterocycles. The maximum absolute atomic E-state index is 12.6. The summed E-state index contributed by atoms with van der Waals surface area (Å²) in [7, 11) is 0. The molecule has 2 aromatic rings. The average molecular weight is 269 g/mol. The predicted octanol–water partition coefficient (Wildman–Crippen LogP) is 2.48. The summed E-state index contributed by atoms with van der Waals surface area (Å²) >= 11 is 0. The molecule has 0 radical (unpaired) electrons. The Morgan fingerprint density at radius 2 is 2.20 bits per heavy atom. The van der Waals surface area contributed by atoms with Gasteiger partial charge >= 0.3 is 0 Å². The average Bonchev–Trinajstić information content (AvgIpc) is 2.96. The summed E-state index contributed by atoms with van der Waals surface area (Å²) in [4.78, 5) is 15.1. The van der Waals surface area contributed by atoms with Crippen LogP contribution < -0.4 is 0 Å². The van der Waals surface area contributed by atoms with E-state index in [1.54, 1.807) is 6.20 Å². The maximum atomic E-state index is 12.6. The minimum Gasteiger partial charge on any atom is -0.303 e. The van der Waals surface area contributed by atoms with Crippen LogP contribution in [-0.2, 0) is 0 Å². The Hall–Kier alpha value is -1.68. The van der Waals surface area contributed by atoms with Gasteiger partial charge in [-0.25, -0.2) is 0 Å². The zero-order chi connectivity index (χ0) is 13.5. The molecule has 1 aromatic carbocycles. The number of Topliss-reactive ketones (excluding diaryl/α,β-unsaturated/α-hetero) is 1. The van der Waals surface area contributed by atoms with Gasteiger partial charge in [0, 0.05) is 23.9 Å². The molecule has 5 rings (SSSR count). The molecule has 20 heavy (non-hydrogen) atoms. The fourth-order valence-electron chi connectivity index (χ4n) is 3.87. The summed E-state index contributed by atoms with van der Waals surface area (Å²) in [5.41, 5.74) is 1.69. The minimum atomic E-state index is 0.263. The van der Waals surface area contributed by atoms with Gasteiger partial charge in [0.2, 0.25) is 0 Å². The molecular formula is C16H19N3O. The van der Waals surface area contributed by atoms with E-state index in [2.05, 4.69) is 15.1 Å². The smallest absolute Gasteiger partial charge is 0.165 e. The second-order valence-corrected chi connectivity index (χ2v) is 6.17. The quantitative estimate of drug-likeness (QED) is 0.871. The third kappa shape index (κ3) is 1.95. The van der Waals surface area contributed by atoms with Crippen LogP contribution >= 0.6 is 0 Å². The van der Waals surface area contributed by atoms with Crippen LogP contribution in [0.2, 0.25) is 0 Å². The lowest BCUT2D eigenvalue weighted by molar-refractivity contribution is 0.0441. The van der Waals surface area contributed by atoms with E-state index in [9.17, 15) is 4.79 Å². The highest BCUT2D eigenvalue weighted by Crippen LogP contribution is 2.35. The van der Waals surface area contributed by atoms with Crippen molar-refractivity contribution in [2.24, 2.45) is 11.8 Å². The van der Waals surface area contributed by atoms with E-state index in [0.717, 1.165) is 28.9 Å². The lowest BCUT2D eigenvalue weighted by Gasteiger charge is -2.44. The van der Waals surface area contributed by atoms with E-state index in [4.69, 9.17) is 0 Å². The van der Waals surface area contributed by atoms with Crippen molar-refractivity contribution in [3.63, 3.8) is 0 Å². The number of para-hydroxylation sites is 1. The first kappa shape index (κ1) is 12.1. The van der Waals surface area contributed by atoms with Gasteiger partial charge in [0.05, 0.1) is 11.7 Å². The Balaban J connectivity index is 1.57. The lowest BCUT2D eigenvalue weighted by Crippen LogP contribution is -2.47. The summed E-state index contributed by atoms with van der Waals surface area (Å²) in [5.74, 6) is 1.56. The highest BCUT2D eigenvalue weighted by atomic mass is 16.1. The molecule has 4 heterocycles. The number of aromatic amines is 1. The van der Waals surface area contributed by atoms with E-state index in [-0.39, 0.29) is 5.78 Å². The maximum Gasteiger partial charge on any atom is 0.165 e. The van der Waals surface area contributed by atoms with Crippen LogP contribution in [0.25, 0.3) is 10.9 Å². The topological polar surface area (TPSA) is 49.0 Å². The van der Waals surface area contributed by atoms with Crippen LogP contribution in [0.15, 0.2) is 24.4 Å². The highest BCUT2D eigenvalue weighted by molar-refractivity contribution is 6.06. The lowest BCUT2D eigenvalue weighted by atomic mass is 9.76. The number of rotatable bonds is 3. The molecule has 1 aromatic heterocycles. The summed E-state index contributed by atoms with van der Waals surface area (Å²) < 4.78 is 0. The summed E-state index contributed by atoms with van der Waals surface area (Å²) in [6, 6.07) is 5.86. The molecule has 1 atom stereocenters. The van der Waals surface area contributed by atoms with Gasteiger partial charge in [-0.2, -0.15) is 5.10 Å². The number of aromatic nitrogens is 2. The number of carbonyl (C=O) groups excluding carboxylic acids is 1. The minimum absolute atomic E-state index is 0.263. The molecular weight excluding hydrogens is 250 g/mol. The number of hydrogen-bond donors (Lipinski definition) is 1. The molecule has 3 fully saturated rings. The highest BCUT2D eigenvalue weighted by Gasteiger charge is 2.35. The van der Waals surface area contributed by atoms with Crippen LogP contribution in [0.4, 0.5) is 0 Å². The van der Waals surface area contributed by atoms with Crippen molar-refractivity contribution in [3.05, 3.63) is 30.0 Å². The largest absolute Gasteiger partial charge is 0.303 e. The van der Waals surface area contributed by atoms with E-state index >= 15 is 0 Å². The number of carbonyl (C=O) groups is 1. The molecule has 0 aliphatic carbocycles. The Kier molecular flexibility index (Phi) is 2.84. The fraction of sp³-hybridized carbons (Fsp3) is 0.500. The van der Waals surface area contributed by atoms with Crippen molar-refractivity contribution in [1.82, 2.24) is 15.1 Å². The van der Waals surface area contributed by atoms with Gasteiger partial charge in [-0.1, -0.05) is 12.1 Å². The van der Waals surface area contributed by atoms with E-state index in [1.807, 2.05) is 18.2 Å². The number of nitrogens with zero attached hydrogens (tertiary/aromatic N) is 2. The van der Waals surface area contributed by atoms with Crippen molar-refractivity contribution in [2.75, 3.05) is 19.6 Å². The number of fused-ring (bicyclic) bond motifs is 4. The number of piperidine rings is 3. The second kappa shape index (κ2) is 4.70. The van der Waals surface area contributed by atoms with Crippen LogP contribution in [0, 0.1) is 11.8 Å². The molecule has 3 aliphatic rings.